The highest BCUT2D eigenvalue weighted by atomic mass is 32.1. The predicted molar refractivity (Wildman–Crippen MR) is 86.6 cm³/mol. The lowest BCUT2D eigenvalue weighted by Gasteiger charge is -2.14. The molecule has 3 rings (SSSR count). The Kier molecular flexibility index (Phi) is 4.24. The summed E-state index contributed by atoms with van der Waals surface area (Å²) in [5, 5.41) is 2.05. The molecule has 0 aliphatic carbocycles. The summed E-state index contributed by atoms with van der Waals surface area (Å²) in [6.45, 7) is 4.30. The number of rotatable bonds is 4. The van der Waals surface area contributed by atoms with Gasteiger partial charge in [0, 0.05) is 11.4 Å². The van der Waals surface area contributed by atoms with Gasteiger partial charge in [-0.2, -0.15) is 0 Å². The molecule has 1 atom stereocenters. The van der Waals surface area contributed by atoms with E-state index in [0.29, 0.717) is 6.04 Å². The van der Waals surface area contributed by atoms with Crippen molar-refractivity contribution in [2.45, 2.75) is 26.3 Å². The zero-order valence-electron chi connectivity index (χ0n) is 12.5. The van der Waals surface area contributed by atoms with E-state index in [4.69, 9.17) is 4.42 Å². The molecule has 114 valence electrons. The summed E-state index contributed by atoms with van der Waals surface area (Å²) in [4.78, 5) is 5.54. The maximum atomic E-state index is 13.0. The molecule has 0 aliphatic rings. The van der Waals surface area contributed by atoms with Gasteiger partial charge in [0.15, 0.2) is 10.6 Å². The molecule has 22 heavy (non-hydrogen) atoms. The van der Waals surface area contributed by atoms with Gasteiger partial charge in [0.2, 0.25) is 0 Å². The minimum absolute atomic E-state index is 0.254. The first-order valence-corrected chi connectivity index (χ1v) is 8.11. The highest BCUT2D eigenvalue weighted by Crippen LogP contribution is 2.25. The Hall–Kier alpha value is -2.14. The van der Waals surface area contributed by atoms with E-state index in [9.17, 15) is 4.39 Å². The van der Waals surface area contributed by atoms with Gasteiger partial charge in [-0.15, -0.1) is 11.3 Å². The summed E-state index contributed by atoms with van der Waals surface area (Å²) in [6, 6.07) is 10.3. The standard InChI is InChI=1S/C17H17FN2OS/c1-3-12(2)20-15(16-5-4-10-21-16)11-22-17(20)19-14-8-6-13(18)7-9-14/h4-12H,3H2,1-2H3. The van der Waals surface area contributed by atoms with Crippen LogP contribution in [0.15, 0.2) is 57.5 Å². The number of nitrogens with zero attached hydrogens (tertiary/aromatic N) is 2. The third kappa shape index (κ3) is 2.90. The van der Waals surface area contributed by atoms with E-state index < -0.39 is 0 Å². The summed E-state index contributed by atoms with van der Waals surface area (Å²) >= 11 is 1.56. The summed E-state index contributed by atoms with van der Waals surface area (Å²) in [5.41, 5.74) is 1.76. The van der Waals surface area contributed by atoms with Crippen molar-refractivity contribution in [1.82, 2.24) is 4.57 Å². The molecule has 1 aromatic carbocycles. The number of furan rings is 1. The van der Waals surface area contributed by atoms with Gasteiger partial charge in [0.05, 0.1) is 17.6 Å². The normalized spacial score (nSPS) is 13.5. The van der Waals surface area contributed by atoms with Crippen LogP contribution in [0.1, 0.15) is 26.3 Å². The fourth-order valence-electron chi connectivity index (χ4n) is 2.24. The molecule has 5 heteroatoms. The number of hydrogen-bond acceptors (Lipinski definition) is 3. The van der Waals surface area contributed by atoms with Crippen molar-refractivity contribution in [2.24, 2.45) is 4.99 Å². The quantitative estimate of drug-likeness (QED) is 0.654. The number of thiazole rings is 1. The van der Waals surface area contributed by atoms with Gasteiger partial charge in [0.25, 0.3) is 0 Å². The van der Waals surface area contributed by atoms with Crippen LogP contribution in [-0.4, -0.2) is 4.57 Å². The maximum absolute atomic E-state index is 13.0. The summed E-state index contributed by atoms with van der Waals surface area (Å²) < 4.78 is 20.7. The van der Waals surface area contributed by atoms with E-state index in [1.54, 1.807) is 29.7 Å². The second-order valence-electron chi connectivity index (χ2n) is 5.10. The lowest BCUT2D eigenvalue weighted by atomic mass is 10.2. The molecule has 0 saturated heterocycles. The molecule has 0 aliphatic heterocycles. The van der Waals surface area contributed by atoms with Crippen LogP contribution < -0.4 is 4.80 Å². The molecule has 0 saturated carbocycles. The second kappa shape index (κ2) is 6.32. The van der Waals surface area contributed by atoms with Crippen LogP contribution in [0.5, 0.6) is 0 Å². The first-order chi connectivity index (χ1) is 10.7. The van der Waals surface area contributed by atoms with Gasteiger partial charge in [-0.1, -0.05) is 6.92 Å². The van der Waals surface area contributed by atoms with E-state index in [2.05, 4.69) is 23.4 Å². The molecule has 2 aromatic heterocycles. The monoisotopic (exact) mass is 316 g/mol. The molecule has 1 unspecified atom stereocenters. The van der Waals surface area contributed by atoms with Crippen molar-refractivity contribution in [1.29, 1.82) is 0 Å². The van der Waals surface area contributed by atoms with E-state index in [1.807, 2.05) is 17.5 Å². The minimum atomic E-state index is -0.254. The zero-order valence-corrected chi connectivity index (χ0v) is 13.3. The predicted octanol–water partition coefficient (Wildman–Crippen LogP) is 5.15. The lowest BCUT2D eigenvalue weighted by Crippen LogP contribution is -2.19. The largest absolute Gasteiger partial charge is 0.463 e. The van der Waals surface area contributed by atoms with Crippen molar-refractivity contribution in [3.8, 4) is 11.5 Å². The lowest BCUT2D eigenvalue weighted by molar-refractivity contribution is 0.509. The summed E-state index contributed by atoms with van der Waals surface area (Å²) in [6.07, 6.45) is 2.66. The SMILES string of the molecule is CCC(C)n1c(-c2ccco2)csc1=Nc1ccc(F)cc1. The zero-order chi connectivity index (χ0) is 15.5. The van der Waals surface area contributed by atoms with Crippen molar-refractivity contribution in [3.63, 3.8) is 0 Å². The van der Waals surface area contributed by atoms with E-state index in [1.165, 1.54) is 12.1 Å². The Morgan fingerprint density at radius 1 is 1.27 bits per heavy atom. The molecule has 0 amide bonds. The van der Waals surface area contributed by atoms with Crippen LogP contribution in [0.2, 0.25) is 0 Å². The van der Waals surface area contributed by atoms with Gasteiger partial charge < -0.3 is 8.98 Å². The van der Waals surface area contributed by atoms with Gasteiger partial charge in [-0.05, 0) is 49.7 Å². The highest BCUT2D eigenvalue weighted by Gasteiger charge is 2.14. The molecule has 0 fully saturated rings. The van der Waals surface area contributed by atoms with Gasteiger partial charge in [-0.3, -0.25) is 0 Å². The molecule has 0 N–H and O–H groups in total. The third-order valence-electron chi connectivity index (χ3n) is 3.60. The number of benzene rings is 1. The number of halogens is 1. The van der Waals surface area contributed by atoms with Crippen LogP contribution in [0, 0.1) is 5.82 Å². The summed E-state index contributed by atoms with van der Waals surface area (Å²) in [7, 11) is 0. The summed E-state index contributed by atoms with van der Waals surface area (Å²) in [5.74, 6) is 0.577. The molecule has 0 spiro atoms. The Bertz CT molecular complexity index is 800. The fourth-order valence-corrected chi connectivity index (χ4v) is 3.24. The van der Waals surface area contributed by atoms with Crippen molar-refractivity contribution >= 4 is 17.0 Å². The fraction of sp³-hybridized carbons (Fsp3) is 0.235. The topological polar surface area (TPSA) is 30.4 Å². The second-order valence-corrected chi connectivity index (χ2v) is 5.93. The van der Waals surface area contributed by atoms with Crippen LogP contribution >= 0.6 is 11.3 Å². The van der Waals surface area contributed by atoms with E-state index >= 15 is 0 Å². The van der Waals surface area contributed by atoms with Crippen molar-refractivity contribution < 1.29 is 8.81 Å². The van der Waals surface area contributed by atoms with Crippen molar-refractivity contribution in [2.75, 3.05) is 0 Å². The molecule has 0 radical (unpaired) electrons. The molecule has 2 heterocycles. The Morgan fingerprint density at radius 3 is 2.68 bits per heavy atom. The van der Waals surface area contributed by atoms with Gasteiger partial charge >= 0.3 is 0 Å². The minimum Gasteiger partial charge on any atom is -0.463 e. The maximum Gasteiger partial charge on any atom is 0.190 e. The molecular formula is C17H17FN2OS. The van der Waals surface area contributed by atoms with Crippen LogP contribution in [0.4, 0.5) is 10.1 Å². The molecule has 0 bridgehead atoms. The number of aromatic nitrogens is 1. The van der Waals surface area contributed by atoms with Gasteiger partial charge in [0.1, 0.15) is 5.82 Å². The van der Waals surface area contributed by atoms with Crippen LogP contribution in [0.3, 0.4) is 0 Å². The first kappa shape index (κ1) is 14.8. The molecule has 3 aromatic rings. The Labute approximate surface area is 132 Å². The Balaban J connectivity index is 2.13. The van der Waals surface area contributed by atoms with E-state index in [-0.39, 0.29) is 5.82 Å². The first-order valence-electron chi connectivity index (χ1n) is 7.23. The molecule has 3 nitrogen and oxygen atoms in total. The molecular weight excluding hydrogens is 299 g/mol. The Morgan fingerprint density at radius 2 is 2.05 bits per heavy atom. The van der Waals surface area contributed by atoms with Gasteiger partial charge in [-0.25, -0.2) is 9.38 Å². The van der Waals surface area contributed by atoms with Crippen LogP contribution in [0.25, 0.3) is 11.5 Å². The average Bonchev–Trinajstić information content (AvgIpc) is 3.18. The van der Waals surface area contributed by atoms with Crippen LogP contribution in [-0.2, 0) is 0 Å². The smallest absolute Gasteiger partial charge is 0.190 e. The number of hydrogen-bond donors (Lipinski definition) is 0. The highest BCUT2D eigenvalue weighted by molar-refractivity contribution is 7.07. The van der Waals surface area contributed by atoms with Crippen molar-refractivity contribution in [3.05, 3.63) is 58.7 Å². The van der Waals surface area contributed by atoms with E-state index in [0.717, 1.165) is 28.4 Å². The average molecular weight is 316 g/mol. The third-order valence-corrected chi connectivity index (χ3v) is 4.44.